The minimum Gasteiger partial charge on any atom is -0.496 e. The van der Waals surface area contributed by atoms with Gasteiger partial charge in [0.15, 0.2) is 6.79 Å². The van der Waals surface area contributed by atoms with Crippen LogP contribution in [0.3, 0.4) is 0 Å². The third-order valence-electron chi connectivity index (χ3n) is 4.37. The molecule has 0 aliphatic carbocycles. The van der Waals surface area contributed by atoms with Gasteiger partial charge in [-0.3, -0.25) is 14.9 Å². The van der Waals surface area contributed by atoms with Crippen LogP contribution < -0.4 is 9.47 Å². The second kappa shape index (κ2) is 8.93. The summed E-state index contributed by atoms with van der Waals surface area (Å²) in [6, 6.07) is 7.96. The van der Waals surface area contributed by atoms with E-state index in [1.807, 2.05) is 0 Å². The number of carbonyl (C=O) groups is 1. The van der Waals surface area contributed by atoms with Crippen molar-refractivity contribution >= 4 is 29.3 Å². The Kier molecular flexibility index (Phi) is 6.36. The van der Waals surface area contributed by atoms with Crippen molar-refractivity contribution in [1.82, 2.24) is 4.90 Å². The van der Waals surface area contributed by atoms with E-state index in [4.69, 9.17) is 25.8 Å². The maximum atomic E-state index is 12.6. The van der Waals surface area contributed by atoms with Crippen LogP contribution in [0.4, 0.5) is 5.69 Å². The van der Waals surface area contributed by atoms with Crippen LogP contribution in [0, 0.1) is 10.1 Å². The summed E-state index contributed by atoms with van der Waals surface area (Å²) in [5.74, 6) is 0.809. The molecule has 0 saturated heterocycles. The predicted molar refractivity (Wildman–Crippen MR) is 107 cm³/mol. The Morgan fingerprint density at radius 3 is 2.90 bits per heavy atom. The lowest BCUT2D eigenvalue weighted by Gasteiger charge is -2.20. The van der Waals surface area contributed by atoms with Gasteiger partial charge in [-0.2, -0.15) is 0 Å². The average Bonchev–Trinajstić information content (AvgIpc) is 2.71. The number of rotatable bonds is 6. The number of ether oxygens (including phenoxy) is 3. The standard InChI is InChI=1S/C20H19ClN2O6/c1-22(10-14-7-16(21)4-5-18(14)27-2)19(24)6-3-13-8-17(23(25)26)9-15-11-28-12-29-20(13)15/h3-9H,10-12H2,1-2H3/b6-3+. The van der Waals surface area contributed by atoms with E-state index < -0.39 is 4.92 Å². The maximum absolute atomic E-state index is 12.6. The molecule has 2 aromatic carbocycles. The highest BCUT2D eigenvalue weighted by molar-refractivity contribution is 6.30. The quantitative estimate of drug-likeness (QED) is 0.402. The van der Waals surface area contributed by atoms with Crippen molar-refractivity contribution in [3.63, 3.8) is 0 Å². The van der Waals surface area contributed by atoms with Gasteiger partial charge in [0.2, 0.25) is 5.91 Å². The summed E-state index contributed by atoms with van der Waals surface area (Å²) in [6.45, 7) is 0.540. The molecular weight excluding hydrogens is 400 g/mol. The molecule has 0 fully saturated rings. The number of nitrogens with zero attached hydrogens (tertiary/aromatic N) is 2. The zero-order valence-corrected chi connectivity index (χ0v) is 16.6. The van der Waals surface area contributed by atoms with Gasteiger partial charge in [0.25, 0.3) is 5.69 Å². The number of benzene rings is 2. The largest absolute Gasteiger partial charge is 0.496 e. The normalized spacial score (nSPS) is 12.9. The van der Waals surface area contributed by atoms with Crippen LogP contribution in [0.1, 0.15) is 16.7 Å². The van der Waals surface area contributed by atoms with E-state index in [1.165, 1.54) is 29.2 Å². The summed E-state index contributed by atoms with van der Waals surface area (Å²) < 4.78 is 16.0. The minimum absolute atomic E-state index is 0.0497. The first-order valence-corrected chi connectivity index (χ1v) is 9.04. The van der Waals surface area contributed by atoms with Gasteiger partial charge >= 0.3 is 0 Å². The Bertz CT molecular complexity index is 976. The Morgan fingerprint density at radius 2 is 2.17 bits per heavy atom. The first kappa shape index (κ1) is 20.6. The molecule has 0 saturated carbocycles. The summed E-state index contributed by atoms with van der Waals surface area (Å²) in [5, 5.41) is 11.7. The molecule has 29 heavy (non-hydrogen) atoms. The molecule has 8 nitrogen and oxygen atoms in total. The zero-order chi connectivity index (χ0) is 21.0. The van der Waals surface area contributed by atoms with Gasteiger partial charge in [0.1, 0.15) is 11.5 Å². The summed E-state index contributed by atoms with van der Waals surface area (Å²) in [4.78, 5) is 24.7. The van der Waals surface area contributed by atoms with Crippen molar-refractivity contribution < 1.29 is 23.9 Å². The Morgan fingerprint density at radius 1 is 1.38 bits per heavy atom. The third kappa shape index (κ3) is 4.85. The van der Waals surface area contributed by atoms with Gasteiger partial charge in [-0.25, -0.2) is 0 Å². The second-order valence-electron chi connectivity index (χ2n) is 6.37. The lowest BCUT2D eigenvalue weighted by atomic mass is 10.1. The Balaban J connectivity index is 1.81. The van der Waals surface area contributed by atoms with Crippen LogP contribution in [-0.2, 0) is 22.7 Å². The summed E-state index contributed by atoms with van der Waals surface area (Å²) in [7, 11) is 3.18. The molecule has 0 bridgehead atoms. The fourth-order valence-corrected chi connectivity index (χ4v) is 3.15. The van der Waals surface area contributed by atoms with Gasteiger partial charge in [-0.05, 0) is 24.3 Å². The molecule has 0 aromatic heterocycles. The van der Waals surface area contributed by atoms with E-state index in [-0.39, 0.29) is 31.5 Å². The molecule has 1 heterocycles. The molecular formula is C20H19ClN2O6. The van der Waals surface area contributed by atoms with Gasteiger partial charge < -0.3 is 19.1 Å². The molecule has 0 spiro atoms. The van der Waals surface area contributed by atoms with Crippen molar-refractivity contribution in [3.8, 4) is 11.5 Å². The molecule has 0 N–H and O–H groups in total. The van der Waals surface area contributed by atoms with Crippen LogP contribution in [0.25, 0.3) is 6.08 Å². The van der Waals surface area contributed by atoms with E-state index >= 15 is 0 Å². The number of nitro benzene ring substituents is 1. The number of halogens is 1. The average molecular weight is 419 g/mol. The van der Waals surface area contributed by atoms with Gasteiger partial charge in [-0.1, -0.05) is 11.6 Å². The second-order valence-corrected chi connectivity index (χ2v) is 6.81. The molecule has 9 heteroatoms. The lowest BCUT2D eigenvalue weighted by Crippen LogP contribution is -2.24. The number of methoxy groups -OCH3 is 1. The number of amides is 1. The number of likely N-dealkylation sites (N-methyl/N-ethyl adjacent to an activating group) is 1. The summed E-state index contributed by atoms with van der Waals surface area (Å²) >= 11 is 6.03. The van der Waals surface area contributed by atoms with E-state index in [9.17, 15) is 14.9 Å². The fraction of sp³-hybridized carbons (Fsp3) is 0.250. The van der Waals surface area contributed by atoms with E-state index in [2.05, 4.69) is 0 Å². The first-order chi connectivity index (χ1) is 13.9. The highest BCUT2D eigenvalue weighted by atomic mass is 35.5. The highest BCUT2D eigenvalue weighted by Crippen LogP contribution is 2.33. The molecule has 1 amide bonds. The van der Waals surface area contributed by atoms with Crippen LogP contribution in [0.15, 0.2) is 36.4 Å². The number of hydrogen-bond donors (Lipinski definition) is 0. The van der Waals surface area contributed by atoms with Crippen LogP contribution in [-0.4, -0.2) is 36.7 Å². The van der Waals surface area contributed by atoms with E-state index in [1.54, 1.807) is 32.4 Å². The van der Waals surface area contributed by atoms with Crippen LogP contribution in [0.5, 0.6) is 11.5 Å². The Labute approximate surface area is 172 Å². The Hall–Kier alpha value is -3.10. The van der Waals surface area contributed by atoms with Gasteiger partial charge in [-0.15, -0.1) is 0 Å². The topological polar surface area (TPSA) is 91.1 Å². The van der Waals surface area contributed by atoms with E-state index in [0.717, 1.165) is 5.56 Å². The monoisotopic (exact) mass is 418 g/mol. The predicted octanol–water partition coefficient (Wildman–Crippen LogP) is 3.80. The molecule has 2 aromatic rings. The number of carbonyl (C=O) groups excluding carboxylic acids is 1. The summed E-state index contributed by atoms with van der Waals surface area (Å²) in [6.07, 6.45) is 2.85. The van der Waals surface area contributed by atoms with Crippen LogP contribution >= 0.6 is 11.6 Å². The first-order valence-electron chi connectivity index (χ1n) is 8.66. The maximum Gasteiger partial charge on any atom is 0.270 e. The number of nitro groups is 1. The highest BCUT2D eigenvalue weighted by Gasteiger charge is 2.20. The number of fused-ring (bicyclic) bond motifs is 1. The molecule has 3 rings (SSSR count). The van der Waals surface area contributed by atoms with Crippen molar-refractivity contribution in [2.75, 3.05) is 21.0 Å². The zero-order valence-electron chi connectivity index (χ0n) is 15.9. The van der Waals surface area contributed by atoms with Gasteiger partial charge in [0, 0.05) is 53.5 Å². The van der Waals surface area contributed by atoms with E-state index in [0.29, 0.717) is 27.6 Å². The van der Waals surface area contributed by atoms with Crippen molar-refractivity contribution in [2.24, 2.45) is 0 Å². The SMILES string of the molecule is COc1ccc(Cl)cc1CN(C)C(=O)/C=C/c1cc([N+](=O)[O-])cc2c1OCOC2. The fourth-order valence-electron chi connectivity index (χ4n) is 2.95. The van der Waals surface area contributed by atoms with Crippen molar-refractivity contribution in [1.29, 1.82) is 0 Å². The third-order valence-corrected chi connectivity index (χ3v) is 4.60. The van der Waals surface area contributed by atoms with Gasteiger partial charge in [0.05, 0.1) is 18.6 Å². The minimum atomic E-state index is -0.494. The molecule has 0 unspecified atom stereocenters. The molecule has 152 valence electrons. The summed E-state index contributed by atoms with van der Waals surface area (Å²) in [5.41, 5.74) is 1.67. The smallest absolute Gasteiger partial charge is 0.270 e. The lowest BCUT2D eigenvalue weighted by molar-refractivity contribution is -0.385. The molecule has 0 atom stereocenters. The molecule has 0 radical (unpaired) electrons. The van der Waals surface area contributed by atoms with Crippen molar-refractivity contribution in [3.05, 3.63) is 68.2 Å². The van der Waals surface area contributed by atoms with Crippen LogP contribution in [0.2, 0.25) is 5.02 Å². The molecule has 1 aliphatic rings. The molecule has 1 aliphatic heterocycles. The van der Waals surface area contributed by atoms with Crippen molar-refractivity contribution in [2.45, 2.75) is 13.2 Å². The number of hydrogen-bond acceptors (Lipinski definition) is 6. The number of non-ortho nitro benzene ring substituents is 1.